The minimum Gasteiger partial charge on any atom is -0.394 e. The molecule has 19 heteroatoms. The number of hydrogen-bond acceptors (Lipinski definition) is 2. The van der Waals surface area contributed by atoms with Crippen LogP contribution in [0.3, 0.4) is 0 Å². The number of ether oxygens (including phenoxy) is 1. The van der Waals surface area contributed by atoms with Gasteiger partial charge in [0, 0.05) is 6.42 Å². The topological polar surface area (TPSA) is 29.5 Å². The summed E-state index contributed by atoms with van der Waals surface area (Å²) in [6.45, 7) is -3.57. The lowest BCUT2D eigenvalue weighted by atomic mass is 9.88. The van der Waals surface area contributed by atoms with Gasteiger partial charge < -0.3 is 9.84 Å². The van der Waals surface area contributed by atoms with E-state index in [1.165, 1.54) is 0 Å². The average Bonchev–Trinajstić information content (AvgIpc) is 2.56. The summed E-state index contributed by atoms with van der Waals surface area (Å²) in [5.74, 6) is -56.3. The molecule has 0 unspecified atom stereocenters. The Labute approximate surface area is 159 Å². The number of aliphatic hydroxyl groups excluding tert-OH is 1. The van der Waals surface area contributed by atoms with Gasteiger partial charge in [0.2, 0.25) is 0 Å². The molecular weight excluding hydrogens is 499 g/mol. The van der Waals surface area contributed by atoms with Crippen molar-refractivity contribution in [3.05, 3.63) is 0 Å². The smallest absolute Gasteiger partial charge is 0.394 e. The third kappa shape index (κ3) is 4.35. The van der Waals surface area contributed by atoms with Crippen LogP contribution in [-0.2, 0) is 4.74 Å². The summed E-state index contributed by atoms with van der Waals surface area (Å²) in [5.41, 5.74) is 0. The van der Waals surface area contributed by atoms with Gasteiger partial charge in [-0.15, -0.1) is 0 Å². The van der Waals surface area contributed by atoms with Gasteiger partial charge in [-0.3, -0.25) is 0 Å². The predicted molar refractivity (Wildman–Crippen MR) is 63.2 cm³/mol. The van der Waals surface area contributed by atoms with Gasteiger partial charge in [-0.1, -0.05) is 0 Å². The van der Waals surface area contributed by atoms with Crippen molar-refractivity contribution >= 4 is 0 Å². The maximum absolute atomic E-state index is 13.4. The lowest BCUT2D eigenvalue weighted by Gasteiger charge is -2.42. The van der Waals surface area contributed by atoms with E-state index in [1.807, 2.05) is 0 Å². The first kappa shape index (κ1) is 29.7. The standard InChI is InChI=1S/C12H9F17O2/c13-5(14,1-3-31-4-2-30)6(15,16)7(17,18)8(19,20)9(21,22)10(23,24)11(25,26)12(27,28)29/h30H,1-4H2. The van der Waals surface area contributed by atoms with Gasteiger partial charge in [0.15, 0.2) is 0 Å². The van der Waals surface area contributed by atoms with E-state index in [0.29, 0.717) is 0 Å². The van der Waals surface area contributed by atoms with Gasteiger partial charge in [0.05, 0.1) is 19.8 Å². The summed E-state index contributed by atoms with van der Waals surface area (Å²) in [4.78, 5) is 0. The fourth-order valence-corrected chi connectivity index (χ4v) is 1.72. The first-order valence-electron chi connectivity index (χ1n) is 7.21. The third-order valence-electron chi connectivity index (χ3n) is 3.58. The highest BCUT2D eigenvalue weighted by molar-refractivity contribution is 5.15. The molecule has 0 aliphatic heterocycles. The van der Waals surface area contributed by atoms with Gasteiger partial charge in [-0.2, -0.15) is 74.6 Å². The van der Waals surface area contributed by atoms with Gasteiger partial charge >= 0.3 is 47.6 Å². The second kappa shape index (κ2) is 8.26. The SMILES string of the molecule is OCCOCCC(F)(F)C(F)(F)C(F)(F)C(F)(F)C(F)(F)C(F)(F)C(F)(F)C(F)(F)F. The van der Waals surface area contributed by atoms with Gasteiger partial charge in [0.1, 0.15) is 0 Å². The van der Waals surface area contributed by atoms with Crippen LogP contribution in [0.4, 0.5) is 74.6 Å². The zero-order valence-electron chi connectivity index (χ0n) is 14.1. The molecule has 31 heavy (non-hydrogen) atoms. The van der Waals surface area contributed by atoms with Crippen LogP contribution in [0.25, 0.3) is 0 Å². The van der Waals surface area contributed by atoms with Crippen LogP contribution >= 0.6 is 0 Å². The monoisotopic (exact) mass is 508 g/mol. The molecule has 0 aliphatic rings. The summed E-state index contributed by atoms with van der Waals surface area (Å²) >= 11 is 0. The first-order chi connectivity index (χ1) is 13.3. The zero-order valence-corrected chi connectivity index (χ0v) is 14.1. The van der Waals surface area contributed by atoms with E-state index in [-0.39, 0.29) is 0 Å². The Morgan fingerprint density at radius 1 is 0.452 bits per heavy atom. The molecule has 0 aromatic carbocycles. The summed E-state index contributed by atoms with van der Waals surface area (Å²) in [5, 5.41) is 8.20. The lowest BCUT2D eigenvalue weighted by molar-refractivity contribution is -0.462. The van der Waals surface area contributed by atoms with Crippen LogP contribution in [0, 0.1) is 0 Å². The molecular formula is C12H9F17O2. The fourth-order valence-electron chi connectivity index (χ4n) is 1.72. The Balaban J connectivity index is 6.37. The lowest BCUT2D eigenvalue weighted by Crippen LogP contribution is -2.74. The molecule has 0 heterocycles. The van der Waals surface area contributed by atoms with Crippen molar-refractivity contribution in [2.45, 2.75) is 54.1 Å². The molecule has 0 bridgehead atoms. The van der Waals surface area contributed by atoms with E-state index in [4.69, 9.17) is 5.11 Å². The van der Waals surface area contributed by atoms with E-state index in [1.54, 1.807) is 0 Å². The van der Waals surface area contributed by atoms with Crippen LogP contribution in [0.15, 0.2) is 0 Å². The fraction of sp³-hybridized carbons (Fsp3) is 1.00. The van der Waals surface area contributed by atoms with Crippen molar-refractivity contribution in [3.8, 4) is 0 Å². The van der Waals surface area contributed by atoms with E-state index >= 15 is 0 Å². The van der Waals surface area contributed by atoms with E-state index in [9.17, 15) is 74.6 Å². The quantitative estimate of drug-likeness (QED) is 0.300. The van der Waals surface area contributed by atoms with E-state index in [0.717, 1.165) is 0 Å². The number of halogens is 17. The molecule has 0 rings (SSSR count). The van der Waals surface area contributed by atoms with Crippen LogP contribution in [0.1, 0.15) is 6.42 Å². The Bertz CT molecular complexity index is 609. The van der Waals surface area contributed by atoms with E-state index in [2.05, 4.69) is 4.74 Å². The van der Waals surface area contributed by atoms with Crippen molar-refractivity contribution in [2.75, 3.05) is 19.8 Å². The van der Waals surface area contributed by atoms with Crippen LogP contribution in [0.2, 0.25) is 0 Å². The van der Waals surface area contributed by atoms with Crippen molar-refractivity contribution in [2.24, 2.45) is 0 Å². The summed E-state index contributed by atoms with van der Waals surface area (Å²) in [6.07, 6.45) is -10.5. The predicted octanol–water partition coefficient (Wildman–Crippen LogP) is 5.39. The number of rotatable bonds is 11. The highest BCUT2D eigenvalue weighted by atomic mass is 19.4. The molecule has 1 N–H and O–H groups in total. The Hall–Kier alpha value is -1.27. The number of aliphatic hydroxyl groups is 1. The zero-order chi connectivity index (χ0) is 25.5. The average molecular weight is 508 g/mol. The van der Waals surface area contributed by atoms with Crippen molar-refractivity contribution in [1.29, 1.82) is 0 Å². The molecule has 188 valence electrons. The van der Waals surface area contributed by atoms with Gasteiger partial charge in [-0.05, 0) is 0 Å². The molecule has 0 saturated carbocycles. The Kier molecular flexibility index (Phi) is 7.92. The molecule has 0 aliphatic carbocycles. The normalized spacial score (nSPS) is 16.1. The highest BCUT2D eigenvalue weighted by Crippen LogP contribution is 2.64. The maximum atomic E-state index is 13.4. The van der Waals surface area contributed by atoms with Gasteiger partial charge in [0.25, 0.3) is 0 Å². The molecule has 0 aromatic rings. The molecule has 0 atom stereocenters. The highest BCUT2D eigenvalue weighted by Gasteiger charge is 2.95. The van der Waals surface area contributed by atoms with Crippen LogP contribution in [0.5, 0.6) is 0 Å². The van der Waals surface area contributed by atoms with E-state index < -0.39 is 73.9 Å². The van der Waals surface area contributed by atoms with Crippen LogP contribution < -0.4 is 0 Å². The Morgan fingerprint density at radius 3 is 1.10 bits per heavy atom. The maximum Gasteiger partial charge on any atom is 0.460 e. The van der Waals surface area contributed by atoms with Crippen LogP contribution in [-0.4, -0.2) is 72.6 Å². The Morgan fingerprint density at radius 2 is 0.774 bits per heavy atom. The second-order valence-electron chi connectivity index (χ2n) is 5.73. The summed E-state index contributed by atoms with van der Waals surface area (Å²) in [6, 6.07) is 0. The van der Waals surface area contributed by atoms with Crippen molar-refractivity contribution in [3.63, 3.8) is 0 Å². The molecule has 0 spiro atoms. The molecule has 0 aromatic heterocycles. The first-order valence-corrected chi connectivity index (χ1v) is 7.21. The summed E-state index contributed by atoms with van der Waals surface area (Å²) in [7, 11) is 0. The molecule has 0 radical (unpaired) electrons. The molecule has 0 amide bonds. The number of alkyl halides is 17. The minimum atomic E-state index is -8.63. The van der Waals surface area contributed by atoms with Crippen molar-refractivity contribution < 1.29 is 84.5 Å². The minimum absolute atomic E-state index is 0.898. The van der Waals surface area contributed by atoms with Gasteiger partial charge in [-0.25, -0.2) is 0 Å². The molecule has 0 fully saturated rings. The number of hydrogen-bond donors (Lipinski definition) is 1. The molecule has 0 saturated heterocycles. The summed E-state index contributed by atoms with van der Waals surface area (Å²) < 4.78 is 224. The third-order valence-corrected chi connectivity index (χ3v) is 3.58. The largest absolute Gasteiger partial charge is 0.460 e. The van der Waals surface area contributed by atoms with Crippen molar-refractivity contribution in [1.82, 2.24) is 0 Å². The second-order valence-corrected chi connectivity index (χ2v) is 5.73. The molecule has 2 nitrogen and oxygen atoms in total.